The molecule has 88 valence electrons. The molecule has 0 aliphatic carbocycles. The van der Waals surface area contributed by atoms with Crippen molar-refractivity contribution in [3.05, 3.63) is 12.2 Å². The van der Waals surface area contributed by atoms with Gasteiger partial charge in [-0.25, -0.2) is 4.79 Å². The Morgan fingerprint density at radius 1 is 1.40 bits per heavy atom. The van der Waals surface area contributed by atoms with Gasteiger partial charge < -0.3 is 25.2 Å². The molecule has 0 heterocycles. The lowest BCUT2D eigenvalue weighted by Gasteiger charge is -2.18. The number of aliphatic hydroxyl groups is 4. The summed E-state index contributed by atoms with van der Waals surface area (Å²) in [4.78, 5) is 10.8. The molecule has 0 radical (unpaired) electrons. The first kappa shape index (κ1) is 14.1. The van der Waals surface area contributed by atoms with Crippen LogP contribution in [-0.4, -0.2) is 57.9 Å². The van der Waals surface area contributed by atoms with Crippen LogP contribution in [0.25, 0.3) is 0 Å². The fourth-order valence-corrected chi connectivity index (χ4v) is 0.817. The number of ether oxygens (including phenoxy) is 1. The second-order valence-corrected chi connectivity index (χ2v) is 2.84. The number of rotatable bonds is 6. The summed E-state index contributed by atoms with van der Waals surface area (Å²) in [5.41, 5.74) is 0. The van der Waals surface area contributed by atoms with Gasteiger partial charge in [0.05, 0.1) is 13.2 Å². The Balaban J connectivity index is 4.11. The summed E-state index contributed by atoms with van der Waals surface area (Å²) in [6.45, 7) is 1.17. The highest BCUT2D eigenvalue weighted by Gasteiger charge is 2.21. The summed E-state index contributed by atoms with van der Waals surface area (Å²) in [5.74, 6) is -0.651. The minimum absolute atomic E-state index is 0.209. The van der Waals surface area contributed by atoms with Gasteiger partial charge in [0.1, 0.15) is 18.3 Å². The van der Waals surface area contributed by atoms with Crippen molar-refractivity contribution in [2.45, 2.75) is 25.2 Å². The third-order valence-electron chi connectivity index (χ3n) is 1.65. The minimum atomic E-state index is -1.54. The Bertz CT molecular complexity index is 215. The van der Waals surface area contributed by atoms with Gasteiger partial charge in [0.2, 0.25) is 0 Å². The average Bonchev–Trinajstić information content (AvgIpc) is 2.24. The van der Waals surface area contributed by atoms with Crippen LogP contribution in [0.5, 0.6) is 0 Å². The van der Waals surface area contributed by atoms with Crippen molar-refractivity contribution in [1.82, 2.24) is 0 Å². The van der Waals surface area contributed by atoms with E-state index in [9.17, 15) is 9.90 Å². The summed E-state index contributed by atoms with van der Waals surface area (Å²) in [5, 5.41) is 35.8. The number of aliphatic hydroxyl groups excluding tert-OH is 4. The molecule has 15 heavy (non-hydrogen) atoms. The third-order valence-corrected chi connectivity index (χ3v) is 1.65. The van der Waals surface area contributed by atoms with Crippen molar-refractivity contribution >= 4 is 5.97 Å². The molecule has 0 fully saturated rings. The molecule has 0 rings (SSSR count). The molecule has 6 nitrogen and oxygen atoms in total. The second kappa shape index (κ2) is 7.36. The maximum atomic E-state index is 10.8. The number of hydrogen-bond donors (Lipinski definition) is 4. The van der Waals surface area contributed by atoms with E-state index in [2.05, 4.69) is 4.74 Å². The molecule has 0 saturated carbocycles. The minimum Gasteiger partial charge on any atom is -0.463 e. The quantitative estimate of drug-likeness (QED) is 0.310. The molecule has 0 saturated heterocycles. The molecule has 0 amide bonds. The molecular formula is C9H16O6. The Labute approximate surface area is 87.4 Å². The maximum Gasteiger partial charge on any atom is 0.330 e. The van der Waals surface area contributed by atoms with Crippen molar-refractivity contribution < 1.29 is 30.0 Å². The third kappa shape index (κ3) is 5.48. The maximum absolute atomic E-state index is 10.8. The molecule has 0 aromatic rings. The van der Waals surface area contributed by atoms with Crippen molar-refractivity contribution in [2.24, 2.45) is 0 Å². The zero-order chi connectivity index (χ0) is 11.8. The monoisotopic (exact) mass is 220 g/mol. The standard InChI is InChI=1S/C9H16O6/c1-2-15-8(13)4-3-6(11)9(14)7(12)5-10/h3-4,6-7,9-12,14H,2,5H2,1H3/b4-3+/t6-,7-,9+/m1/s1. The van der Waals surface area contributed by atoms with Gasteiger partial charge in [-0.3, -0.25) is 0 Å². The van der Waals surface area contributed by atoms with E-state index in [4.69, 9.17) is 15.3 Å². The summed E-state index contributed by atoms with van der Waals surface area (Å²) >= 11 is 0. The first-order valence-corrected chi connectivity index (χ1v) is 4.53. The van der Waals surface area contributed by atoms with Crippen LogP contribution in [0.2, 0.25) is 0 Å². The first-order valence-electron chi connectivity index (χ1n) is 4.53. The average molecular weight is 220 g/mol. The van der Waals surface area contributed by atoms with Crippen LogP contribution in [0.4, 0.5) is 0 Å². The van der Waals surface area contributed by atoms with Crippen LogP contribution in [0.1, 0.15) is 6.92 Å². The van der Waals surface area contributed by atoms with Crippen molar-refractivity contribution in [1.29, 1.82) is 0 Å². The normalized spacial score (nSPS) is 17.4. The predicted octanol–water partition coefficient (Wildman–Crippen LogP) is -1.82. The second-order valence-electron chi connectivity index (χ2n) is 2.84. The fraction of sp³-hybridized carbons (Fsp3) is 0.667. The van der Waals surface area contributed by atoms with E-state index < -0.39 is 30.9 Å². The van der Waals surface area contributed by atoms with E-state index in [0.717, 1.165) is 12.2 Å². The molecule has 0 aromatic heterocycles. The molecule has 4 N–H and O–H groups in total. The predicted molar refractivity (Wildman–Crippen MR) is 50.9 cm³/mol. The molecule has 0 bridgehead atoms. The lowest BCUT2D eigenvalue weighted by Crippen LogP contribution is -2.38. The Kier molecular flexibility index (Phi) is 6.89. The number of hydrogen-bond acceptors (Lipinski definition) is 6. The molecule has 0 aliphatic heterocycles. The summed E-state index contributed by atoms with van der Waals surface area (Å²) in [7, 11) is 0. The van der Waals surface area contributed by atoms with Gasteiger partial charge in [0.15, 0.2) is 0 Å². The van der Waals surface area contributed by atoms with Gasteiger partial charge in [0.25, 0.3) is 0 Å². The molecule has 0 spiro atoms. The van der Waals surface area contributed by atoms with Crippen molar-refractivity contribution in [2.75, 3.05) is 13.2 Å². The van der Waals surface area contributed by atoms with Crippen molar-refractivity contribution in [3.8, 4) is 0 Å². The van der Waals surface area contributed by atoms with E-state index in [0.29, 0.717) is 0 Å². The largest absolute Gasteiger partial charge is 0.463 e. The number of esters is 1. The number of carbonyl (C=O) groups excluding carboxylic acids is 1. The Hall–Kier alpha value is -0.950. The highest BCUT2D eigenvalue weighted by molar-refractivity contribution is 5.81. The first-order chi connectivity index (χ1) is 7.02. The Morgan fingerprint density at radius 2 is 2.00 bits per heavy atom. The molecule has 6 heteroatoms. The molecular weight excluding hydrogens is 204 g/mol. The van der Waals surface area contributed by atoms with E-state index in [1.807, 2.05) is 0 Å². The highest BCUT2D eigenvalue weighted by atomic mass is 16.5. The number of carbonyl (C=O) groups is 1. The molecule has 0 aliphatic rings. The van der Waals surface area contributed by atoms with Crippen molar-refractivity contribution in [3.63, 3.8) is 0 Å². The molecule has 3 atom stereocenters. The molecule has 0 aromatic carbocycles. The zero-order valence-corrected chi connectivity index (χ0v) is 8.41. The van der Waals surface area contributed by atoms with Gasteiger partial charge in [-0.15, -0.1) is 0 Å². The van der Waals surface area contributed by atoms with Gasteiger partial charge in [-0.1, -0.05) is 0 Å². The van der Waals surface area contributed by atoms with E-state index in [1.165, 1.54) is 0 Å². The van der Waals surface area contributed by atoms with Crippen LogP contribution in [0.3, 0.4) is 0 Å². The van der Waals surface area contributed by atoms with E-state index in [-0.39, 0.29) is 6.61 Å². The van der Waals surface area contributed by atoms with Gasteiger partial charge in [-0.2, -0.15) is 0 Å². The van der Waals surface area contributed by atoms with Crippen LogP contribution < -0.4 is 0 Å². The smallest absolute Gasteiger partial charge is 0.330 e. The molecule has 0 unspecified atom stereocenters. The highest BCUT2D eigenvalue weighted by Crippen LogP contribution is 2.01. The van der Waals surface area contributed by atoms with E-state index in [1.54, 1.807) is 6.92 Å². The fourth-order valence-electron chi connectivity index (χ4n) is 0.817. The SMILES string of the molecule is CCOC(=O)/C=C/[C@@H](O)[C@H](O)[C@H](O)CO. The van der Waals surface area contributed by atoms with Gasteiger partial charge >= 0.3 is 5.97 Å². The zero-order valence-electron chi connectivity index (χ0n) is 8.41. The topological polar surface area (TPSA) is 107 Å². The van der Waals surface area contributed by atoms with Gasteiger partial charge in [0, 0.05) is 6.08 Å². The van der Waals surface area contributed by atoms with Crippen LogP contribution in [-0.2, 0) is 9.53 Å². The van der Waals surface area contributed by atoms with Crippen LogP contribution >= 0.6 is 0 Å². The van der Waals surface area contributed by atoms with Gasteiger partial charge in [-0.05, 0) is 13.0 Å². The summed E-state index contributed by atoms with van der Waals surface area (Å²) in [6, 6.07) is 0. The lowest BCUT2D eigenvalue weighted by atomic mass is 10.1. The Morgan fingerprint density at radius 3 is 2.47 bits per heavy atom. The summed E-state index contributed by atoms with van der Waals surface area (Å²) in [6.07, 6.45) is -2.49. The van der Waals surface area contributed by atoms with E-state index >= 15 is 0 Å². The van der Waals surface area contributed by atoms with Crippen LogP contribution in [0, 0.1) is 0 Å². The van der Waals surface area contributed by atoms with Crippen LogP contribution in [0.15, 0.2) is 12.2 Å². The summed E-state index contributed by atoms with van der Waals surface area (Å²) < 4.78 is 4.53. The lowest BCUT2D eigenvalue weighted by molar-refractivity contribution is -0.137.